The number of rotatable bonds is 9. The van der Waals surface area contributed by atoms with Crippen molar-refractivity contribution in [3.8, 4) is 0 Å². The third kappa shape index (κ3) is 4.42. The molecule has 0 aromatic rings. The van der Waals surface area contributed by atoms with E-state index in [0.717, 1.165) is 0 Å². The van der Waals surface area contributed by atoms with Crippen LogP contribution < -0.4 is 0 Å². The van der Waals surface area contributed by atoms with Crippen molar-refractivity contribution in [3.05, 3.63) is 0 Å². The summed E-state index contributed by atoms with van der Waals surface area (Å²) >= 11 is -2.38. The van der Waals surface area contributed by atoms with Crippen LogP contribution in [0, 0.1) is 0 Å². The van der Waals surface area contributed by atoms with Crippen LogP contribution in [0.25, 0.3) is 0 Å². The van der Waals surface area contributed by atoms with Gasteiger partial charge in [-0.15, -0.1) is 0 Å². The molecule has 2 heteroatoms. The SMILES string of the molecule is CC[As+](CC)(CC)CC[As+](CC)(CC)CC. The van der Waals surface area contributed by atoms with Crippen LogP contribution in [0.4, 0.5) is 0 Å². The molecule has 0 aromatic carbocycles. The summed E-state index contributed by atoms with van der Waals surface area (Å²) in [6.45, 7) is 14.8. The summed E-state index contributed by atoms with van der Waals surface area (Å²) in [6, 6.07) is 0. The van der Waals surface area contributed by atoms with Crippen LogP contribution in [0.3, 0.4) is 0 Å². The fourth-order valence-corrected chi connectivity index (χ4v) is 23.4. The van der Waals surface area contributed by atoms with Gasteiger partial charge in [-0.1, -0.05) is 0 Å². The Bertz CT molecular complexity index is 133. The average Bonchev–Trinajstić information content (AvgIpc) is 2.37. The summed E-state index contributed by atoms with van der Waals surface area (Å²) in [4.78, 5) is 0. The topological polar surface area (TPSA) is 0 Å². The number of hydrogen-bond donors (Lipinski definition) is 0. The molecule has 0 fully saturated rings. The van der Waals surface area contributed by atoms with Gasteiger partial charge >= 0.3 is 110 Å². The third-order valence-electron chi connectivity index (χ3n) is 5.07. The van der Waals surface area contributed by atoms with Crippen LogP contribution in [0.15, 0.2) is 0 Å². The molecule has 0 aliphatic carbocycles. The van der Waals surface area contributed by atoms with Crippen molar-refractivity contribution in [2.45, 2.75) is 83.2 Å². The van der Waals surface area contributed by atoms with Gasteiger partial charge in [0.05, 0.1) is 0 Å². The van der Waals surface area contributed by atoms with Gasteiger partial charge in [-0.05, 0) is 0 Å². The third-order valence-corrected chi connectivity index (χ3v) is 28.5. The van der Waals surface area contributed by atoms with Gasteiger partial charge in [0.1, 0.15) is 0 Å². The van der Waals surface area contributed by atoms with Gasteiger partial charge in [-0.25, -0.2) is 0 Å². The molecule has 0 spiro atoms. The molecule has 0 saturated carbocycles. The normalized spacial score (nSPS) is 13.1. The second-order valence-electron chi connectivity index (χ2n) is 5.03. The van der Waals surface area contributed by atoms with E-state index in [4.69, 9.17) is 0 Å². The summed E-state index contributed by atoms with van der Waals surface area (Å²) in [5.41, 5.74) is 0. The predicted octanol–water partition coefficient (Wildman–Crippen LogP) is 6.00. The molecule has 0 radical (unpaired) electrons. The van der Waals surface area contributed by atoms with Crippen molar-refractivity contribution in [1.82, 2.24) is 0 Å². The fraction of sp³-hybridized carbons (Fsp3) is 1.00. The first-order valence-corrected chi connectivity index (χ1v) is 17.9. The monoisotopic (exact) mass is 352 g/mol. The van der Waals surface area contributed by atoms with Crippen LogP contribution in [0.5, 0.6) is 0 Å². The van der Waals surface area contributed by atoms with Crippen molar-refractivity contribution < 1.29 is 0 Å². The summed E-state index contributed by atoms with van der Waals surface area (Å²) in [5.74, 6) is 0. The van der Waals surface area contributed by atoms with E-state index in [1.165, 1.54) is 0 Å². The van der Waals surface area contributed by atoms with E-state index in [1.54, 1.807) is 41.7 Å². The molecule has 0 nitrogen and oxygen atoms in total. The van der Waals surface area contributed by atoms with Gasteiger partial charge in [0.25, 0.3) is 0 Å². The van der Waals surface area contributed by atoms with Crippen LogP contribution >= 0.6 is 0 Å². The van der Waals surface area contributed by atoms with E-state index in [-0.39, 0.29) is 0 Å². The Morgan fingerprint density at radius 1 is 0.438 bits per heavy atom. The van der Waals surface area contributed by atoms with E-state index in [2.05, 4.69) is 41.5 Å². The molecule has 0 N–H and O–H groups in total. The van der Waals surface area contributed by atoms with Crippen molar-refractivity contribution in [2.24, 2.45) is 0 Å². The maximum absolute atomic E-state index is 2.47. The van der Waals surface area contributed by atoms with Crippen LogP contribution in [-0.4, -0.2) is 27.1 Å². The van der Waals surface area contributed by atoms with Gasteiger partial charge in [0.2, 0.25) is 0 Å². The van der Waals surface area contributed by atoms with Crippen LogP contribution in [-0.2, 0) is 0 Å². The molecule has 16 heavy (non-hydrogen) atoms. The molecule has 0 unspecified atom stereocenters. The molecule has 0 aromatic heterocycles. The number of hydrogen-bond acceptors (Lipinski definition) is 0. The standard InChI is InChI=1S/C14H34As2/c1-7-15(8-2,9-3)13-14-16(10-4,11-5)12-6/h7-14H2,1-6H3/q+2. The van der Waals surface area contributed by atoms with Crippen molar-refractivity contribution >= 4 is 27.1 Å². The summed E-state index contributed by atoms with van der Waals surface area (Å²) in [7, 11) is 0. The molecule has 0 saturated heterocycles. The minimum atomic E-state index is -1.19. The minimum absolute atomic E-state index is 1.19. The molecule has 0 aliphatic rings. The molecule has 0 bridgehead atoms. The molecule has 0 heterocycles. The Morgan fingerprint density at radius 3 is 0.750 bits per heavy atom. The van der Waals surface area contributed by atoms with E-state index < -0.39 is 27.1 Å². The fourth-order valence-electron chi connectivity index (χ4n) is 2.71. The maximum atomic E-state index is 2.47. The van der Waals surface area contributed by atoms with E-state index in [1.807, 2.05) is 0 Å². The zero-order chi connectivity index (χ0) is 12.7. The summed E-state index contributed by atoms with van der Waals surface area (Å²) in [5, 5.41) is 12.7. The van der Waals surface area contributed by atoms with Crippen molar-refractivity contribution in [3.63, 3.8) is 0 Å². The Morgan fingerprint density at radius 2 is 0.625 bits per heavy atom. The van der Waals surface area contributed by atoms with Gasteiger partial charge in [0, 0.05) is 0 Å². The molecular formula is C14H34As2+2. The first-order chi connectivity index (χ1) is 7.57. The Labute approximate surface area is 110 Å². The zero-order valence-electron chi connectivity index (χ0n) is 12.6. The summed E-state index contributed by atoms with van der Waals surface area (Å²) < 4.78 is 0. The van der Waals surface area contributed by atoms with Gasteiger partial charge < -0.3 is 0 Å². The molecule has 0 aliphatic heterocycles. The van der Waals surface area contributed by atoms with E-state index in [0.29, 0.717) is 0 Å². The van der Waals surface area contributed by atoms with E-state index >= 15 is 0 Å². The average molecular weight is 352 g/mol. The summed E-state index contributed by atoms with van der Waals surface area (Å²) in [6.07, 6.45) is 0. The molecule has 0 amide bonds. The second-order valence-corrected chi connectivity index (χ2v) is 26.1. The van der Waals surface area contributed by atoms with Crippen molar-refractivity contribution in [1.29, 1.82) is 0 Å². The Balaban J connectivity index is 4.48. The molecule has 98 valence electrons. The first kappa shape index (κ1) is 17.1. The van der Waals surface area contributed by atoms with E-state index in [9.17, 15) is 0 Å². The molecule has 0 atom stereocenters. The predicted molar refractivity (Wildman–Crippen MR) is 84.0 cm³/mol. The Hall–Kier alpha value is 1.12. The molecular weight excluding hydrogens is 318 g/mol. The molecule has 0 rings (SSSR count). The second kappa shape index (κ2) is 8.26. The first-order valence-electron chi connectivity index (χ1n) is 7.27. The van der Waals surface area contributed by atoms with Gasteiger partial charge in [-0.2, -0.15) is 0 Å². The van der Waals surface area contributed by atoms with Crippen LogP contribution in [0.2, 0.25) is 41.7 Å². The van der Waals surface area contributed by atoms with Gasteiger partial charge in [-0.3, -0.25) is 0 Å². The van der Waals surface area contributed by atoms with Crippen molar-refractivity contribution in [2.75, 3.05) is 0 Å². The quantitative estimate of drug-likeness (QED) is 0.446. The van der Waals surface area contributed by atoms with Crippen LogP contribution in [0.1, 0.15) is 41.5 Å². The Kier molecular flexibility index (Phi) is 8.84. The zero-order valence-corrected chi connectivity index (χ0v) is 16.3. The van der Waals surface area contributed by atoms with Gasteiger partial charge in [0.15, 0.2) is 0 Å².